The van der Waals surface area contributed by atoms with E-state index >= 15 is 0 Å². The van der Waals surface area contributed by atoms with Gasteiger partial charge in [0, 0.05) is 5.69 Å². The number of urea groups is 1. The fraction of sp³-hybridized carbons (Fsp3) is 0.350. The lowest BCUT2D eigenvalue weighted by atomic mass is 10.1. The first kappa shape index (κ1) is 18.6. The Hall–Kier alpha value is -2.69. The van der Waals surface area contributed by atoms with Crippen LogP contribution in [0.4, 0.5) is 10.5 Å². The van der Waals surface area contributed by atoms with Crippen LogP contribution in [0.2, 0.25) is 0 Å². The van der Waals surface area contributed by atoms with Crippen molar-refractivity contribution in [3.63, 3.8) is 0 Å². The molecule has 0 saturated carbocycles. The molecule has 0 aromatic heterocycles. The highest BCUT2D eigenvalue weighted by Crippen LogP contribution is 2.18. The molecule has 5 heteroatoms. The lowest BCUT2D eigenvalue weighted by Gasteiger charge is -2.12. The molecule has 0 fully saturated rings. The summed E-state index contributed by atoms with van der Waals surface area (Å²) in [5.41, 5.74) is 3.00. The van der Waals surface area contributed by atoms with Crippen LogP contribution in [0, 0.1) is 13.8 Å². The third-order valence-corrected chi connectivity index (χ3v) is 3.46. The number of benzene rings is 2. The Morgan fingerprint density at radius 2 is 1.80 bits per heavy atom. The number of carbonyl (C=O) groups excluding carboxylic acids is 1. The molecule has 2 amide bonds. The summed E-state index contributed by atoms with van der Waals surface area (Å²) in [5.74, 6) is 1.62. The van der Waals surface area contributed by atoms with Crippen molar-refractivity contribution in [2.45, 2.75) is 33.8 Å². The van der Waals surface area contributed by atoms with Gasteiger partial charge in [-0.25, -0.2) is 4.79 Å². The Kier molecular flexibility index (Phi) is 6.69. The molecule has 2 aromatic rings. The van der Waals surface area contributed by atoms with Gasteiger partial charge in [0.1, 0.15) is 18.1 Å². The molecule has 0 heterocycles. The summed E-state index contributed by atoms with van der Waals surface area (Å²) >= 11 is 0. The third-order valence-electron chi connectivity index (χ3n) is 3.46. The Bertz CT molecular complexity index is 697. The predicted octanol–water partition coefficient (Wildman–Crippen LogP) is 4.29. The number of amides is 2. The second-order valence-electron chi connectivity index (χ2n) is 6.19. The van der Waals surface area contributed by atoms with Gasteiger partial charge in [-0.1, -0.05) is 17.7 Å². The molecule has 2 aromatic carbocycles. The van der Waals surface area contributed by atoms with E-state index in [2.05, 4.69) is 16.7 Å². The minimum absolute atomic E-state index is 0.124. The fourth-order valence-corrected chi connectivity index (χ4v) is 2.35. The first-order chi connectivity index (χ1) is 11.9. The first-order valence-corrected chi connectivity index (χ1v) is 8.45. The highest BCUT2D eigenvalue weighted by molar-refractivity contribution is 5.89. The van der Waals surface area contributed by atoms with Crippen LogP contribution in [0.5, 0.6) is 11.5 Å². The van der Waals surface area contributed by atoms with Crippen molar-refractivity contribution in [1.82, 2.24) is 5.32 Å². The van der Waals surface area contributed by atoms with Gasteiger partial charge in [0.2, 0.25) is 0 Å². The molecule has 5 nitrogen and oxygen atoms in total. The van der Waals surface area contributed by atoms with Crippen LogP contribution in [0.25, 0.3) is 0 Å². The minimum atomic E-state index is -0.262. The smallest absolute Gasteiger partial charge is 0.319 e. The summed E-state index contributed by atoms with van der Waals surface area (Å²) in [6, 6.07) is 13.1. The Labute approximate surface area is 149 Å². The molecular formula is C20H26N2O3. The van der Waals surface area contributed by atoms with Crippen molar-refractivity contribution in [2.75, 3.05) is 18.5 Å². The average Bonchev–Trinajstić information content (AvgIpc) is 2.54. The van der Waals surface area contributed by atoms with Gasteiger partial charge in [0.05, 0.1) is 12.6 Å². The van der Waals surface area contributed by atoms with Crippen molar-refractivity contribution >= 4 is 11.7 Å². The molecule has 25 heavy (non-hydrogen) atoms. The van der Waals surface area contributed by atoms with Crippen LogP contribution < -0.4 is 20.1 Å². The summed E-state index contributed by atoms with van der Waals surface area (Å²) in [4.78, 5) is 11.9. The largest absolute Gasteiger partial charge is 0.491 e. The molecule has 0 aliphatic carbocycles. The zero-order valence-electron chi connectivity index (χ0n) is 15.3. The van der Waals surface area contributed by atoms with Crippen LogP contribution in [0.3, 0.4) is 0 Å². The average molecular weight is 342 g/mol. The van der Waals surface area contributed by atoms with Gasteiger partial charge in [0.15, 0.2) is 0 Å². The fourth-order valence-electron chi connectivity index (χ4n) is 2.35. The molecule has 0 unspecified atom stereocenters. The number of anilines is 1. The summed E-state index contributed by atoms with van der Waals surface area (Å²) in [5, 5.41) is 5.55. The predicted molar refractivity (Wildman–Crippen MR) is 101 cm³/mol. The second kappa shape index (κ2) is 8.97. The Morgan fingerprint density at radius 3 is 2.44 bits per heavy atom. The molecule has 0 atom stereocenters. The molecule has 0 spiro atoms. The van der Waals surface area contributed by atoms with Crippen LogP contribution in [0.1, 0.15) is 25.0 Å². The van der Waals surface area contributed by atoms with Gasteiger partial charge < -0.3 is 20.1 Å². The zero-order chi connectivity index (χ0) is 18.2. The van der Waals surface area contributed by atoms with E-state index in [1.807, 2.05) is 64.1 Å². The number of nitrogens with one attached hydrogen (secondary N) is 2. The van der Waals surface area contributed by atoms with Gasteiger partial charge in [-0.3, -0.25) is 0 Å². The van der Waals surface area contributed by atoms with E-state index < -0.39 is 0 Å². The second-order valence-corrected chi connectivity index (χ2v) is 6.19. The number of carbonyl (C=O) groups is 1. The van der Waals surface area contributed by atoms with Crippen molar-refractivity contribution in [1.29, 1.82) is 0 Å². The normalized spacial score (nSPS) is 10.4. The summed E-state index contributed by atoms with van der Waals surface area (Å²) < 4.78 is 11.3. The minimum Gasteiger partial charge on any atom is -0.491 e. The quantitative estimate of drug-likeness (QED) is 0.738. The molecule has 0 aliphatic heterocycles. The lowest BCUT2D eigenvalue weighted by molar-refractivity contribution is 0.242. The van der Waals surface area contributed by atoms with E-state index in [1.54, 1.807) is 0 Å². The van der Waals surface area contributed by atoms with Crippen molar-refractivity contribution in [3.05, 3.63) is 53.6 Å². The summed E-state index contributed by atoms with van der Waals surface area (Å²) in [6.45, 7) is 8.84. The zero-order valence-corrected chi connectivity index (χ0v) is 15.3. The van der Waals surface area contributed by atoms with Crippen LogP contribution in [-0.2, 0) is 0 Å². The van der Waals surface area contributed by atoms with Crippen molar-refractivity contribution in [3.8, 4) is 11.5 Å². The topological polar surface area (TPSA) is 59.6 Å². The van der Waals surface area contributed by atoms with E-state index in [0.717, 1.165) is 17.1 Å². The maximum atomic E-state index is 11.9. The number of hydrogen-bond donors (Lipinski definition) is 2. The monoisotopic (exact) mass is 342 g/mol. The van der Waals surface area contributed by atoms with E-state index in [0.29, 0.717) is 18.8 Å². The van der Waals surface area contributed by atoms with E-state index in [-0.39, 0.29) is 12.1 Å². The molecule has 2 N–H and O–H groups in total. The molecule has 0 saturated heterocycles. The number of aryl methyl sites for hydroxylation is 2. The van der Waals surface area contributed by atoms with Gasteiger partial charge >= 0.3 is 6.03 Å². The highest BCUT2D eigenvalue weighted by Gasteiger charge is 2.04. The van der Waals surface area contributed by atoms with Gasteiger partial charge in [-0.2, -0.15) is 0 Å². The van der Waals surface area contributed by atoms with E-state index in [1.165, 1.54) is 5.56 Å². The number of rotatable bonds is 7. The molecule has 2 rings (SSSR count). The van der Waals surface area contributed by atoms with Gasteiger partial charge in [-0.15, -0.1) is 0 Å². The Morgan fingerprint density at radius 1 is 1.08 bits per heavy atom. The summed E-state index contributed by atoms with van der Waals surface area (Å²) in [6.07, 6.45) is 0.124. The SMILES string of the molecule is Cc1ccc(OCCNC(=O)Nc2ccc(OC(C)C)cc2)c(C)c1. The molecule has 0 radical (unpaired) electrons. The molecule has 134 valence electrons. The van der Waals surface area contributed by atoms with Crippen LogP contribution in [-0.4, -0.2) is 25.3 Å². The van der Waals surface area contributed by atoms with Crippen molar-refractivity contribution < 1.29 is 14.3 Å². The lowest BCUT2D eigenvalue weighted by Crippen LogP contribution is -2.32. The third kappa shape index (κ3) is 6.37. The molecule has 0 bridgehead atoms. The molecular weight excluding hydrogens is 316 g/mol. The first-order valence-electron chi connectivity index (χ1n) is 8.45. The summed E-state index contributed by atoms with van der Waals surface area (Å²) in [7, 11) is 0. The van der Waals surface area contributed by atoms with Crippen molar-refractivity contribution in [2.24, 2.45) is 0 Å². The van der Waals surface area contributed by atoms with Gasteiger partial charge in [0.25, 0.3) is 0 Å². The highest BCUT2D eigenvalue weighted by atomic mass is 16.5. The molecule has 0 aliphatic rings. The maximum Gasteiger partial charge on any atom is 0.319 e. The van der Waals surface area contributed by atoms with Crippen LogP contribution in [0.15, 0.2) is 42.5 Å². The standard InChI is InChI=1S/C20H26N2O3/c1-14(2)25-18-8-6-17(7-9-18)22-20(23)21-11-12-24-19-10-5-15(3)13-16(19)4/h5-10,13-14H,11-12H2,1-4H3,(H2,21,22,23). The number of hydrogen-bond acceptors (Lipinski definition) is 3. The van der Waals surface area contributed by atoms with Gasteiger partial charge in [-0.05, 0) is 63.6 Å². The maximum absolute atomic E-state index is 11.9. The Balaban J connectivity index is 1.71. The van der Waals surface area contributed by atoms with E-state index in [4.69, 9.17) is 9.47 Å². The number of ether oxygens (including phenoxy) is 2. The van der Waals surface area contributed by atoms with Crippen LogP contribution >= 0.6 is 0 Å². The van der Waals surface area contributed by atoms with E-state index in [9.17, 15) is 4.79 Å².